The van der Waals surface area contributed by atoms with Gasteiger partial charge in [-0.1, -0.05) is 36.4 Å². The number of hydrogen-bond donors (Lipinski definition) is 1. The van der Waals surface area contributed by atoms with Crippen LogP contribution in [0.2, 0.25) is 0 Å². The van der Waals surface area contributed by atoms with Gasteiger partial charge < -0.3 is 10.1 Å². The number of pyridine rings is 1. The van der Waals surface area contributed by atoms with Crippen molar-refractivity contribution >= 4 is 27.3 Å². The van der Waals surface area contributed by atoms with Crippen LogP contribution in [0.5, 0.6) is 5.75 Å². The molecule has 7 nitrogen and oxygen atoms in total. The zero-order valence-electron chi connectivity index (χ0n) is 18.5. The lowest BCUT2D eigenvalue weighted by Crippen LogP contribution is -2.30. The number of nitrogens with zero attached hydrogens (tertiary/aromatic N) is 2. The van der Waals surface area contributed by atoms with E-state index in [1.807, 2.05) is 30.3 Å². The Morgan fingerprint density at radius 3 is 2.29 bits per heavy atom. The highest BCUT2D eigenvalue weighted by Crippen LogP contribution is 2.28. The van der Waals surface area contributed by atoms with Crippen molar-refractivity contribution in [1.29, 1.82) is 0 Å². The van der Waals surface area contributed by atoms with E-state index >= 15 is 0 Å². The van der Waals surface area contributed by atoms with Crippen molar-refractivity contribution < 1.29 is 17.9 Å². The molecule has 1 N–H and O–H groups in total. The number of rotatable bonds is 8. The molecular formula is C26H23N3O4S. The van der Waals surface area contributed by atoms with Gasteiger partial charge in [0, 0.05) is 23.6 Å². The summed E-state index contributed by atoms with van der Waals surface area (Å²) in [5, 5.41) is 2.75. The van der Waals surface area contributed by atoms with Gasteiger partial charge in [-0.2, -0.15) is 0 Å². The van der Waals surface area contributed by atoms with E-state index in [4.69, 9.17) is 4.74 Å². The van der Waals surface area contributed by atoms with Crippen LogP contribution in [-0.4, -0.2) is 26.4 Å². The van der Waals surface area contributed by atoms with Gasteiger partial charge in [0.05, 0.1) is 24.2 Å². The minimum absolute atomic E-state index is 0.0154. The molecule has 4 rings (SSSR count). The van der Waals surface area contributed by atoms with Gasteiger partial charge in [0.15, 0.2) is 0 Å². The molecule has 1 heterocycles. The molecule has 3 aromatic carbocycles. The van der Waals surface area contributed by atoms with Crippen LogP contribution in [0.4, 0.5) is 11.4 Å². The third-order valence-electron chi connectivity index (χ3n) is 5.15. The molecule has 0 saturated heterocycles. The molecule has 1 amide bonds. The Labute approximate surface area is 198 Å². The summed E-state index contributed by atoms with van der Waals surface area (Å²) in [6.07, 6.45) is 3.12. The Balaban J connectivity index is 1.69. The number of ether oxygens (including phenoxy) is 1. The second kappa shape index (κ2) is 10.2. The number of carbonyl (C=O) groups is 1. The van der Waals surface area contributed by atoms with Gasteiger partial charge in [0.25, 0.3) is 15.9 Å². The minimum Gasteiger partial charge on any atom is -0.497 e. The van der Waals surface area contributed by atoms with Gasteiger partial charge in [0.2, 0.25) is 0 Å². The van der Waals surface area contributed by atoms with Gasteiger partial charge in [-0.3, -0.25) is 14.1 Å². The second-order valence-electron chi connectivity index (χ2n) is 7.41. The highest BCUT2D eigenvalue weighted by Gasteiger charge is 2.26. The number of sulfonamides is 1. The van der Waals surface area contributed by atoms with Crippen LogP contribution in [0.15, 0.2) is 108 Å². The van der Waals surface area contributed by atoms with E-state index in [1.165, 1.54) is 16.4 Å². The molecule has 0 radical (unpaired) electrons. The second-order valence-corrected chi connectivity index (χ2v) is 9.28. The van der Waals surface area contributed by atoms with E-state index < -0.39 is 15.9 Å². The Morgan fingerprint density at radius 2 is 1.62 bits per heavy atom. The van der Waals surface area contributed by atoms with Crippen molar-refractivity contribution in [3.8, 4) is 5.75 Å². The maximum Gasteiger partial charge on any atom is 0.264 e. The summed E-state index contributed by atoms with van der Waals surface area (Å²) in [7, 11) is -2.45. The predicted octanol–water partition coefficient (Wildman–Crippen LogP) is 4.74. The predicted molar refractivity (Wildman–Crippen MR) is 131 cm³/mol. The summed E-state index contributed by atoms with van der Waals surface area (Å²) in [6, 6.07) is 25.4. The molecule has 0 aliphatic heterocycles. The maximum absolute atomic E-state index is 13.8. The lowest BCUT2D eigenvalue weighted by Gasteiger charge is -2.25. The summed E-state index contributed by atoms with van der Waals surface area (Å²) < 4.78 is 34.1. The minimum atomic E-state index is -4.00. The first-order valence-corrected chi connectivity index (χ1v) is 11.9. The van der Waals surface area contributed by atoms with E-state index in [0.29, 0.717) is 17.1 Å². The van der Waals surface area contributed by atoms with Crippen molar-refractivity contribution in [1.82, 2.24) is 4.98 Å². The third kappa shape index (κ3) is 5.24. The van der Waals surface area contributed by atoms with Gasteiger partial charge in [0.1, 0.15) is 5.75 Å². The number of methoxy groups -OCH3 is 1. The smallest absolute Gasteiger partial charge is 0.264 e. The van der Waals surface area contributed by atoms with Gasteiger partial charge in [-0.25, -0.2) is 8.42 Å². The molecule has 8 heteroatoms. The first kappa shape index (κ1) is 23.0. The average Bonchev–Trinajstić information content (AvgIpc) is 2.88. The molecule has 0 bridgehead atoms. The van der Waals surface area contributed by atoms with E-state index in [-0.39, 0.29) is 17.0 Å². The fourth-order valence-electron chi connectivity index (χ4n) is 3.38. The molecule has 0 saturated carbocycles. The zero-order chi connectivity index (χ0) is 24.0. The number of hydrogen-bond acceptors (Lipinski definition) is 5. The monoisotopic (exact) mass is 473 g/mol. The molecule has 172 valence electrons. The number of carbonyl (C=O) groups excluding carboxylic acids is 1. The van der Waals surface area contributed by atoms with E-state index in [9.17, 15) is 13.2 Å². The quantitative estimate of drug-likeness (QED) is 0.399. The fourth-order valence-corrected chi connectivity index (χ4v) is 4.88. The van der Waals surface area contributed by atoms with Crippen LogP contribution in [0.25, 0.3) is 0 Å². The number of benzene rings is 3. The molecule has 0 atom stereocenters. The molecule has 1 aromatic heterocycles. The standard InChI is InChI=1S/C26H23N3O4S/c1-33-24-12-10-23(11-13-24)29(19-20-6-3-2-4-7-20)34(31,32)25-9-5-8-21(18-25)26(30)28-22-14-16-27-17-15-22/h2-18H,19H2,1H3,(H,27,28,30). The largest absolute Gasteiger partial charge is 0.497 e. The van der Waals surface area contributed by atoms with Crippen LogP contribution >= 0.6 is 0 Å². The molecule has 4 aromatic rings. The van der Waals surface area contributed by atoms with Crippen LogP contribution in [-0.2, 0) is 16.6 Å². The number of aromatic nitrogens is 1. The summed E-state index contributed by atoms with van der Waals surface area (Å²) in [6.45, 7) is 0.128. The van der Waals surface area contributed by atoms with Crippen molar-refractivity contribution in [3.63, 3.8) is 0 Å². The van der Waals surface area contributed by atoms with E-state index in [0.717, 1.165) is 5.56 Å². The highest BCUT2D eigenvalue weighted by molar-refractivity contribution is 7.92. The lowest BCUT2D eigenvalue weighted by molar-refractivity contribution is 0.102. The Kier molecular flexibility index (Phi) is 6.89. The van der Waals surface area contributed by atoms with Gasteiger partial charge >= 0.3 is 0 Å². The molecule has 0 aliphatic rings. The summed E-state index contributed by atoms with van der Waals surface area (Å²) in [5.41, 5.74) is 2.11. The Bertz CT molecular complexity index is 1360. The van der Waals surface area contributed by atoms with Crippen LogP contribution in [0, 0.1) is 0 Å². The molecule has 0 spiro atoms. The highest BCUT2D eigenvalue weighted by atomic mass is 32.2. The molecule has 0 aliphatic carbocycles. The zero-order valence-corrected chi connectivity index (χ0v) is 19.3. The number of nitrogens with one attached hydrogen (secondary N) is 1. The fraction of sp³-hybridized carbons (Fsp3) is 0.0769. The molecule has 0 fully saturated rings. The topological polar surface area (TPSA) is 88.6 Å². The van der Waals surface area contributed by atoms with Crippen molar-refractivity contribution in [2.75, 3.05) is 16.7 Å². The maximum atomic E-state index is 13.8. The van der Waals surface area contributed by atoms with Crippen molar-refractivity contribution in [2.45, 2.75) is 11.4 Å². The van der Waals surface area contributed by atoms with Crippen LogP contribution in [0.1, 0.15) is 15.9 Å². The molecule has 34 heavy (non-hydrogen) atoms. The lowest BCUT2D eigenvalue weighted by atomic mass is 10.2. The van der Waals surface area contributed by atoms with E-state index in [2.05, 4.69) is 10.3 Å². The first-order valence-electron chi connectivity index (χ1n) is 10.5. The summed E-state index contributed by atoms with van der Waals surface area (Å²) in [5.74, 6) is 0.206. The van der Waals surface area contributed by atoms with E-state index in [1.54, 1.807) is 68.0 Å². The SMILES string of the molecule is COc1ccc(N(Cc2ccccc2)S(=O)(=O)c2cccc(C(=O)Nc3ccncc3)c2)cc1. The average molecular weight is 474 g/mol. The van der Waals surface area contributed by atoms with Gasteiger partial charge in [-0.05, 0) is 60.2 Å². The summed E-state index contributed by atoms with van der Waals surface area (Å²) >= 11 is 0. The molecular weight excluding hydrogens is 450 g/mol. The van der Waals surface area contributed by atoms with Gasteiger partial charge in [-0.15, -0.1) is 0 Å². The third-order valence-corrected chi connectivity index (χ3v) is 6.92. The van der Waals surface area contributed by atoms with Crippen molar-refractivity contribution in [2.24, 2.45) is 0 Å². The number of amides is 1. The van der Waals surface area contributed by atoms with Crippen LogP contribution < -0.4 is 14.4 Å². The Morgan fingerprint density at radius 1 is 0.912 bits per heavy atom. The molecule has 0 unspecified atom stereocenters. The normalized spacial score (nSPS) is 11.0. The van der Waals surface area contributed by atoms with Crippen molar-refractivity contribution in [3.05, 3.63) is 115 Å². The first-order chi connectivity index (χ1) is 16.5. The van der Waals surface area contributed by atoms with Crippen LogP contribution in [0.3, 0.4) is 0 Å². The Hall–Kier alpha value is -4.17. The summed E-state index contributed by atoms with van der Waals surface area (Å²) in [4.78, 5) is 16.7. The number of anilines is 2.